The predicted octanol–water partition coefficient (Wildman–Crippen LogP) is 3.55. The number of ketones is 1. The highest BCUT2D eigenvalue weighted by Crippen LogP contribution is 2.41. The van der Waals surface area contributed by atoms with Crippen LogP contribution in [0.5, 0.6) is 0 Å². The van der Waals surface area contributed by atoms with Gasteiger partial charge in [-0.2, -0.15) is 0 Å². The van der Waals surface area contributed by atoms with Crippen LogP contribution in [0.1, 0.15) is 54.7 Å². The molecule has 1 unspecified atom stereocenters. The van der Waals surface area contributed by atoms with Crippen molar-refractivity contribution in [2.75, 3.05) is 0 Å². The average Bonchev–Trinajstić information content (AvgIpc) is 2.63. The molecule has 2 fully saturated rings. The van der Waals surface area contributed by atoms with Gasteiger partial charge in [0, 0.05) is 4.47 Å². The van der Waals surface area contributed by atoms with Crippen LogP contribution < -0.4 is 5.32 Å². The van der Waals surface area contributed by atoms with Crippen molar-refractivity contribution in [3.8, 4) is 0 Å². The fourth-order valence-electron chi connectivity index (χ4n) is 3.93. The minimum atomic E-state index is -0.629. The molecule has 1 spiro atoms. The second kappa shape index (κ2) is 5.24. The molecule has 1 saturated carbocycles. The van der Waals surface area contributed by atoms with Crippen molar-refractivity contribution >= 4 is 27.6 Å². The van der Waals surface area contributed by atoms with E-state index in [4.69, 9.17) is 0 Å². The van der Waals surface area contributed by atoms with Crippen LogP contribution in [-0.4, -0.2) is 17.2 Å². The molecule has 1 aliphatic carbocycles. The lowest BCUT2D eigenvalue weighted by Gasteiger charge is -2.31. The molecule has 1 aliphatic heterocycles. The molecule has 1 aromatic carbocycles. The SMILES string of the molecule is Cc1cc(Br)cc(C)c1C1C(=O)NC2(CCCCC2)C1=O. The molecule has 4 heteroatoms. The molecule has 1 heterocycles. The molecular formula is C17H20BrNO2. The minimum Gasteiger partial charge on any atom is -0.343 e. The molecule has 21 heavy (non-hydrogen) atoms. The summed E-state index contributed by atoms with van der Waals surface area (Å²) in [6.45, 7) is 3.94. The van der Waals surface area contributed by atoms with E-state index in [-0.39, 0.29) is 11.7 Å². The Hall–Kier alpha value is -1.16. The van der Waals surface area contributed by atoms with E-state index in [0.717, 1.165) is 53.3 Å². The zero-order valence-corrected chi connectivity index (χ0v) is 14.0. The number of nitrogens with one attached hydrogen (secondary N) is 1. The molecule has 0 aromatic heterocycles. The number of amides is 1. The average molecular weight is 350 g/mol. The first-order valence-electron chi connectivity index (χ1n) is 7.58. The normalized spacial score (nSPS) is 24.4. The van der Waals surface area contributed by atoms with Crippen molar-refractivity contribution in [2.45, 2.75) is 57.4 Å². The van der Waals surface area contributed by atoms with Crippen molar-refractivity contribution < 1.29 is 9.59 Å². The van der Waals surface area contributed by atoms with Gasteiger partial charge >= 0.3 is 0 Å². The van der Waals surface area contributed by atoms with E-state index in [1.165, 1.54) is 0 Å². The quantitative estimate of drug-likeness (QED) is 0.788. The van der Waals surface area contributed by atoms with E-state index >= 15 is 0 Å². The van der Waals surface area contributed by atoms with Gasteiger partial charge in [-0.15, -0.1) is 0 Å². The number of benzene rings is 1. The van der Waals surface area contributed by atoms with E-state index in [9.17, 15) is 9.59 Å². The first-order chi connectivity index (χ1) is 9.94. The molecule has 3 nitrogen and oxygen atoms in total. The van der Waals surface area contributed by atoms with Crippen molar-refractivity contribution in [3.05, 3.63) is 33.3 Å². The largest absolute Gasteiger partial charge is 0.343 e. The Morgan fingerprint density at radius 1 is 1.10 bits per heavy atom. The van der Waals surface area contributed by atoms with Crippen LogP contribution in [0.3, 0.4) is 0 Å². The molecule has 1 N–H and O–H groups in total. The number of carbonyl (C=O) groups is 2. The predicted molar refractivity (Wildman–Crippen MR) is 85.3 cm³/mol. The fraction of sp³-hybridized carbons (Fsp3) is 0.529. The Morgan fingerprint density at radius 2 is 1.67 bits per heavy atom. The zero-order chi connectivity index (χ0) is 15.2. The third kappa shape index (κ3) is 2.33. The van der Waals surface area contributed by atoms with Crippen LogP contribution in [0.15, 0.2) is 16.6 Å². The summed E-state index contributed by atoms with van der Waals surface area (Å²) in [4.78, 5) is 25.5. The van der Waals surface area contributed by atoms with Crippen molar-refractivity contribution in [1.29, 1.82) is 0 Å². The Kier molecular flexibility index (Phi) is 3.68. The van der Waals surface area contributed by atoms with Gasteiger partial charge in [0.05, 0.1) is 5.54 Å². The summed E-state index contributed by atoms with van der Waals surface area (Å²) >= 11 is 3.47. The fourth-order valence-corrected chi connectivity index (χ4v) is 4.62. The van der Waals surface area contributed by atoms with E-state index in [2.05, 4.69) is 21.2 Å². The molecule has 0 radical (unpaired) electrons. The van der Waals surface area contributed by atoms with Gasteiger partial charge in [0.15, 0.2) is 5.78 Å². The zero-order valence-electron chi connectivity index (χ0n) is 12.5. The topological polar surface area (TPSA) is 46.2 Å². The number of Topliss-reactive ketones (excluding diaryl/α,β-unsaturated/α-hetero) is 1. The van der Waals surface area contributed by atoms with Crippen LogP contribution in [0.25, 0.3) is 0 Å². The van der Waals surface area contributed by atoms with E-state index in [1.54, 1.807) is 0 Å². The summed E-state index contributed by atoms with van der Waals surface area (Å²) in [5.41, 5.74) is 2.31. The summed E-state index contributed by atoms with van der Waals surface area (Å²) in [6.07, 6.45) is 4.80. The van der Waals surface area contributed by atoms with Crippen LogP contribution in [0.4, 0.5) is 0 Å². The van der Waals surface area contributed by atoms with E-state index in [1.807, 2.05) is 26.0 Å². The van der Waals surface area contributed by atoms with Gasteiger partial charge in [-0.25, -0.2) is 0 Å². The maximum absolute atomic E-state index is 13.0. The molecule has 1 aromatic rings. The van der Waals surface area contributed by atoms with Gasteiger partial charge in [0.2, 0.25) is 5.91 Å². The van der Waals surface area contributed by atoms with Crippen LogP contribution in [-0.2, 0) is 9.59 Å². The van der Waals surface area contributed by atoms with Gasteiger partial charge in [0.1, 0.15) is 5.92 Å². The lowest BCUT2D eigenvalue weighted by Crippen LogP contribution is -2.47. The number of hydrogen-bond acceptors (Lipinski definition) is 2. The lowest BCUT2D eigenvalue weighted by atomic mass is 9.76. The highest BCUT2D eigenvalue weighted by molar-refractivity contribution is 9.10. The number of aryl methyl sites for hydroxylation is 2. The van der Waals surface area contributed by atoms with E-state index in [0.29, 0.717) is 0 Å². The van der Waals surface area contributed by atoms with Crippen LogP contribution in [0.2, 0.25) is 0 Å². The molecule has 112 valence electrons. The van der Waals surface area contributed by atoms with Crippen LogP contribution >= 0.6 is 15.9 Å². The lowest BCUT2D eigenvalue weighted by molar-refractivity contribution is -0.125. The van der Waals surface area contributed by atoms with E-state index < -0.39 is 11.5 Å². The third-order valence-electron chi connectivity index (χ3n) is 4.91. The Bertz CT molecular complexity index is 594. The smallest absolute Gasteiger partial charge is 0.235 e. The highest BCUT2D eigenvalue weighted by Gasteiger charge is 2.53. The second-order valence-electron chi connectivity index (χ2n) is 6.38. The number of rotatable bonds is 1. The molecule has 2 aliphatic rings. The third-order valence-corrected chi connectivity index (χ3v) is 5.37. The van der Waals surface area contributed by atoms with Crippen molar-refractivity contribution in [1.82, 2.24) is 5.32 Å². The maximum atomic E-state index is 13.0. The first kappa shape index (κ1) is 14.8. The maximum Gasteiger partial charge on any atom is 0.235 e. The molecular weight excluding hydrogens is 330 g/mol. The summed E-state index contributed by atoms with van der Waals surface area (Å²) in [6, 6.07) is 3.96. The molecule has 1 atom stereocenters. The number of hydrogen-bond donors (Lipinski definition) is 1. The summed E-state index contributed by atoms with van der Waals surface area (Å²) in [5, 5.41) is 3.04. The number of carbonyl (C=O) groups excluding carboxylic acids is 2. The summed E-state index contributed by atoms with van der Waals surface area (Å²) in [7, 11) is 0. The van der Waals surface area contributed by atoms with Gasteiger partial charge in [-0.1, -0.05) is 35.2 Å². The summed E-state index contributed by atoms with van der Waals surface area (Å²) < 4.78 is 0.986. The molecule has 1 amide bonds. The van der Waals surface area contributed by atoms with Crippen molar-refractivity contribution in [2.24, 2.45) is 0 Å². The second-order valence-corrected chi connectivity index (χ2v) is 7.30. The van der Waals surface area contributed by atoms with Gasteiger partial charge in [-0.3, -0.25) is 9.59 Å². The molecule has 0 bridgehead atoms. The van der Waals surface area contributed by atoms with Gasteiger partial charge < -0.3 is 5.32 Å². The monoisotopic (exact) mass is 349 g/mol. The Labute approximate surface area is 133 Å². The Balaban J connectivity index is 2.04. The van der Waals surface area contributed by atoms with Gasteiger partial charge in [-0.05, 0) is 55.5 Å². The van der Waals surface area contributed by atoms with Crippen molar-refractivity contribution in [3.63, 3.8) is 0 Å². The molecule has 3 rings (SSSR count). The standard InChI is InChI=1S/C17H20BrNO2/c1-10-8-12(18)9-11(2)13(10)14-15(20)17(19-16(14)21)6-4-3-5-7-17/h8-9,14H,3-7H2,1-2H3,(H,19,21). The van der Waals surface area contributed by atoms with Gasteiger partial charge in [0.25, 0.3) is 0 Å². The first-order valence-corrected chi connectivity index (χ1v) is 8.37. The molecule has 1 saturated heterocycles. The summed E-state index contributed by atoms with van der Waals surface area (Å²) in [5.74, 6) is -0.660. The number of halogens is 1. The minimum absolute atomic E-state index is 0.0840. The van der Waals surface area contributed by atoms with Crippen LogP contribution in [0, 0.1) is 13.8 Å². The highest BCUT2D eigenvalue weighted by atomic mass is 79.9. The Morgan fingerprint density at radius 3 is 2.24 bits per heavy atom.